The summed E-state index contributed by atoms with van der Waals surface area (Å²) in [5, 5.41) is 8.84. The van der Waals surface area contributed by atoms with Crippen LogP contribution in [0.15, 0.2) is 10.7 Å². The summed E-state index contributed by atoms with van der Waals surface area (Å²) in [6.07, 6.45) is -1.31. The molecule has 0 aliphatic heterocycles. The lowest BCUT2D eigenvalue weighted by Crippen LogP contribution is -2.43. The van der Waals surface area contributed by atoms with E-state index in [2.05, 4.69) is 0 Å². The highest BCUT2D eigenvalue weighted by Gasteiger charge is 2.37. The first-order chi connectivity index (χ1) is 10.7. The molecule has 1 saturated carbocycles. The summed E-state index contributed by atoms with van der Waals surface area (Å²) in [5.41, 5.74) is 0.267. The van der Waals surface area contributed by atoms with Gasteiger partial charge >= 0.3 is 12.1 Å². The van der Waals surface area contributed by atoms with E-state index in [9.17, 15) is 22.8 Å². The summed E-state index contributed by atoms with van der Waals surface area (Å²) in [4.78, 5) is 24.1. The van der Waals surface area contributed by atoms with Gasteiger partial charge in [0, 0.05) is 12.1 Å². The van der Waals surface area contributed by atoms with E-state index in [4.69, 9.17) is 9.52 Å². The highest BCUT2D eigenvalue weighted by molar-refractivity contribution is 5.97. The molecule has 8 heteroatoms. The number of nitrogens with zero attached hydrogens (tertiary/aromatic N) is 1. The van der Waals surface area contributed by atoms with Crippen LogP contribution < -0.4 is 0 Å². The minimum absolute atomic E-state index is 0.0233. The number of carbonyl (C=O) groups is 2. The van der Waals surface area contributed by atoms with Crippen molar-refractivity contribution < 1.29 is 32.3 Å². The van der Waals surface area contributed by atoms with Gasteiger partial charge in [0.05, 0.1) is 11.8 Å². The molecule has 1 fully saturated rings. The van der Waals surface area contributed by atoms with Crippen LogP contribution in [0.5, 0.6) is 0 Å². The second-order valence-electron chi connectivity index (χ2n) is 5.89. The normalized spacial score (nSPS) is 15.3. The highest BCUT2D eigenvalue weighted by atomic mass is 19.4. The number of rotatable bonds is 6. The fourth-order valence-electron chi connectivity index (χ4n) is 2.63. The van der Waals surface area contributed by atoms with Crippen LogP contribution in [0.1, 0.15) is 40.9 Å². The van der Waals surface area contributed by atoms with Gasteiger partial charge in [0.2, 0.25) is 0 Å². The molecule has 0 radical (unpaired) electrons. The maximum Gasteiger partial charge on any atom is 0.406 e. The van der Waals surface area contributed by atoms with Crippen molar-refractivity contribution in [3.63, 3.8) is 0 Å². The summed E-state index contributed by atoms with van der Waals surface area (Å²) < 4.78 is 43.4. The van der Waals surface area contributed by atoms with E-state index < -0.39 is 31.0 Å². The third kappa shape index (κ3) is 4.49. The van der Waals surface area contributed by atoms with Crippen LogP contribution in [-0.2, 0) is 11.2 Å². The first-order valence-corrected chi connectivity index (χ1v) is 7.32. The van der Waals surface area contributed by atoms with Gasteiger partial charge in [-0.05, 0) is 25.7 Å². The largest absolute Gasteiger partial charge is 0.481 e. The Morgan fingerprint density at radius 3 is 2.52 bits per heavy atom. The summed E-state index contributed by atoms with van der Waals surface area (Å²) in [6, 6.07) is 0. The van der Waals surface area contributed by atoms with Crippen LogP contribution in [0.3, 0.4) is 0 Å². The van der Waals surface area contributed by atoms with Crippen LogP contribution >= 0.6 is 0 Å². The molecule has 128 valence electrons. The smallest absolute Gasteiger partial charge is 0.406 e. The molecule has 23 heavy (non-hydrogen) atoms. The van der Waals surface area contributed by atoms with Crippen LogP contribution in [0.2, 0.25) is 0 Å². The first kappa shape index (κ1) is 17.4. The molecular weight excluding hydrogens is 315 g/mol. The lowest BCUT2D eigenvalue weighted by Gasteiger charge is -2.33. The monoisotopic (exact) mass is 333 g/mol. The molecule has 0 spiro atoms. The Morgan fingerprint density at radius 2 is 2.04 bits per heavy atom. The van der Waals surface area contributed by atoms with Crippen molar-refractivity contribution in [2.45, 2.75) is 38.8 Å². The maximum absolute atomic E-state index is 12.8. The maximum atomic E-state index is 12.8. The zero-order valence-corrected chi connectivity index (χ0v) is 12.7. The van der Waals surface area contributed by atoms with E-state index >= 15 is 0 Å². The SMILES string of the molecule is Cc1coc(CC(=O)O)c1C(=O)N(CC1CCC1)CC(F)(F)F. The zero-order valence-electron chi connectivity index (χ0n) is 12.7. The van der Waals surface area contributed by atoms with Crippen molar-refractivity contribution in [3.8, 4) is 0 Å². The average Bonchev–Trinajstić information content (AvgIpc) is 2.70. The van der Waals surface area contributed by atoms with Crippen molar-refractivity contribution in [2.24, 2.45) is 5.92 Å². The van der Waals surface area contributed by atoms with Gasteiger partial charge in [-0.15, -0.1) is 0 Å². The fraction of sp³-hybridized carbons (Fsp3) is 0.600. The van der Waals surface area contributed by atoms with Crippen molar-refractivity contribution in [1.29, 1.82) is 0 Å². The summed E-state index contributed by atoms with van der Waals surface area (Å²) in [6.45, 7) is 0.187. The van der Waals surface area contributed by atoms with Crippen molar-refractivity contribution in [2.75, 3.05) is 13.1 Å². The molecule has 1 N–H and O–H groups in total. The van der Waals surface area contributed by atoms with Crippen LogP contribution in [-0.4, -0.2) is 41.1 Å². The molecule has 2 rings (SSSR count). The van der Waals surface area contributed by atoms with Crippen molar-refractivity contribution in [3.05, 3.63) is 23.2 Å². The van der Waals surface area contributed by atoms with E-state index in [0.29, 0.717) is 5.56 Å². The van der Waals surface area contributed by atoms with Gasteiger partial charge in [0.15, 0.2) is 0 Å². The fourth-order valence-corrected chi connectivity index (χ4v) is 2.63. The molecule has 0 atom stereocenters. The molecule has 1 aromatic rings. The number of hydrogen-bond acceptors (Lipinski definition) is 3. The number of aryl methyl sites for hydroxylation is 1. The second-order valence-corrected chi connectivity index (χ2v) is 5.89. The highest BCUT2D eigenvalue weighted by Crippen LogP contribution is 2.30. The minimum Gasteiger partial charge on any atom is -0.481 e. The number of carbonyl (C=O) groups excluding carboxylic acids is 1. The summed E-state index contributed by atoms with van der Waals surface area (Å²) in [5.74, 6) is -2.08. The molecule has 5 nitrogen and oxygen atoms in total. The van der Waals surface area contributed by atoms with E-state index in [1.807, 2.05) is 0 Å². The van der Waals surface area contributed by atoms with E-state index in [1.54, 1.807) is 0 Å². The van der Waals surface area contributed by atoms with Crippen molar-refractivity contribution >= 4 is 11.9 Å². The standard InChI is InChI=1S/C15H18F3NO4/c1-9-7-23-11(5-12(20)21)13(9)14(22)19(8-15(16,17)18)6-10-3-2-4-10/h7,10H,2-6,8H2,1H3,(H,20,21). The molecule has 0 bridgehead atoms. The second kappa shape index (κ2) is 6.64. The third-order valence-electron chi connectivity index (χ3n) is 3.94. The van der Waals surface area contributed by atoms with E-state index in [-0.39, 0.29) is 23.8 Å². The summed E-state index contributed by atoms with van der Waals surface area (Å²) >= 11 is 0. The summed E-state index contributed by atoms with van der Waals surface area (Å²) in [7, 11) is 0. The van der Waals surface area contributed by atoms with Gasteiger partial charge < -0.3 is 14.4 Å². The predicted molar refractivity (Wildman–Crippen MR) is 74.1 cm³/mol. The minimum atomic E-state index is -4.51. The molecule has 1 amide bonds. The topological polar surface area (TPSA) is 70.7 Å². The molecule has 0 saturated heterocycles. The van der Waals surface area contributed by atoms with Crippen LogP contribution in [0.25, 0.3) is 0 Å². The number of carboxylic acid groups (broad SMARTS) is 1. The molecule has 0 unspecified atom stereocenters. The number of halogens is 3. The van der Waals surface area contributed by atoms with Crippen LogP contribution in [0.4, 0.5) is 13.2 Å². The Labute approximate surface area is 131 Å². The first-order valence-electron chi connectivity index (χ1n) is 7.32. The quantitative estimate of drug-likeness (QED) is 0.869. The molecule has 1 aromatic heterocycles. The average molecular weight is 333 g/mol. The number of aliphatic carboxylic acids is 1. The van der Waals surface area contributed by atoms with E-state index in [0.717, 1.165) is 24.2 Å². The Morgan fingerprint density at radius 1 is 1.39 bits per heavy atom. The van der Waals surface area contributed by atoms with E-state index in [1.165, 1.54) is 13.2 Å². The van der Waals surface area contributed by atoms with Gasteiger partial charge in [-0.3, -0.25) is 9.59 Å². The zero-order chi connectivity index (χ0) is 17.2. The van der Waals surface area contributed by atoms with Gasteiger partial charge in [-0.1, -0.05) is 6.42 Å². The van der Waals surface area contributed by atoms with Crippen molar-refractivity contribution in [1.82, 2.24) is 4.90 Å². The molecule has 1 aliphatic carbocycles. The third-order valence-corrected chi connectivity index (χ3v) is 3.94. The van der Waals surface area contributed by atoms with Gasteiger partial charge in [0.25, 0.3) is 5.91 Å². The van der Waals surface area contributed by atoms with Crippen LogP contribution in [0, 0.1) is 12.8 Å². The van der Waals surface area contributed by atoms with Gasteiger partial charge in [-0.25, -0.2) is 0 Å². The Balaban J connectivity index is 2.25. The number of amides is 1. The lowest BCUT2D eigenvalue weighted by molar-refractivity contribution is -0.142. The number of furan rings is 1. The Kier molecular flexibility index (Phi) is 5.01. The molecular formula is C15H18F3NO4. The Bertz CT molecular complexity index is 590. The Hall–Kier alpha value is -1.99. The predicted octanol–water partition coefficient (Wildman–Crippen LogP) is 3.02. The number of carboxylic acids is 1. The molecule has 1 aliphatic rings. The number of alkyl halides is 3. The lowest BCUT2D eigenvalue weighted by atomic mass is 9.85. The van der Waals surface area contributed by atoms with Gasteiger partial charge in [0.1, 0.15) is 18.7 Å². The molecule has 1 heterocycles. The van der Waals surface area contributed by atoms with Gasteiger partial charge in [-0.2, -0.15) is 13.2 Å². The number of hydrogen-bond donors (Lipinski definition) is 1. The molecule has 0 aromatic carbocycles.